The third kappa shape index (κ3) is 3.20. The highest BCUT2D eigenvalue weighted by molar-refractivity contribution is 5.81. The first-order valence-corrected chi connectivity index (χ1v) is 5.03. The molecule has 0 aromatic carbocycles. The summed E-state index contributed by atoms with van der Waals surface area (Å²) in [5.41, 5.74) is 0. The van der Waals surface area contributed by atoms with Crippen LogP contribution in [0.2, 0.25) is 0 Å². The van der Waals surface area contributed by atoms with Gasteiger partial charge in [0.15, 0.2) is 0 Å². The Balaban J connectivity index is 2.48. The molecule has 0 spiro atoms. The zero-order chi connectivity index (χ0) is 11.3. The number of amides is 1. The second kappa shape index (κ2) is 5.70. The molecule has 0 saturated carbocycles. The van der Waals surface area contributed by atoms with Gasteiger partial charge in [0.2, 0.25) is 5.91 Å². The van der Waals surface area contributed by atoms with Crippen LogP contribution in [0.5, 0.6) is 0 Å². The summed E-state index contributed by atoms with van der Waals surface area (Å²) in [5, 5.41) is 0. The van der Waals surface area contributed by atoms with Crippen LogP contribution in [0.1, 0.15) is 12.8 Å². The molecule has 1 rings (SSSR count). The van der Waals surface area contributed by atoms with Crippen molar-refractivity contribution in [2.24, 2.45) is 5.92 Å². The third-order valence-corrected chi connectivity index (χ3v) is 2.60. The van der Waals surface area contributed by atoms with Gasteiger partial charge < -0.3 is 14.4 Å². The molecule has 0 radical (unpaired) electrons. The smallest absolute Gasteiger partial charge is 0.310 e. The summed E-state index contributed by atoms with van der Waals surface area (Å²) in [4.78, 5) is 24.4. The van der Waals surface area contributed by atoms with Crippen LogP contribution in [-0.2, 0) is 19.1 Å². The fourth-order valence-electron chi connectivity index (χ4n) is 1.69. The van der Waals surface area contributed by atoms with Gasteiger partial charge in [0.05, 0.1) is 19.6 Å². The third-order valence-electron chi connectivity index (χ3n) is 2.60. The van der Waals surface area contributed by atoms with Crippen molar-refractivity contribution in [3.63, 3.8) is 0 Å². The molecule has 5 nitrogen and oxygen atoms in total. The molecule has 0 aromatic heterocycles. The normalized spacial score (nSPS) is 21.6. The van der Waals surface area contributed by atoms with Crippen LogP contribution >= 0.6 is 0 Å². The fraction of sp³-hybridized carbons (Fsp3) is 0.800. The van der Waals surface area contributed by atoms with E-state index in [0.29, 0.717) is 32.5 Å². The van der Waals surface area contributed by atoms with Crippen molar-refractivity contribution in [1.29, 1.82) is 0 Å². The number of hydrogen-bond acceptors (Lipinski definition) is 4. The highest BCUT2D eigenvalue weighted by Crippen LogP contribution is 2.18. The Labute approximate surface area is 89.3 Å². The summed E-state index contributed by atoms with van der Waals surface area (Å²) >= 11 is 0. The number of rotatable bonds is 4. The van der Waals surface area contributed by atoms with Gasteiger partial charge in [-0.1, -0.05) is 0 Å². The van der Waals surface area contributed by atoms with Crippen LogP contribution in [0.25, 0.3) is 0 Å². The first-order valence-electron chi connectivity index (χ1n) is 5.03. The highest BCUT2D eigenvalue weighted by Gasteiger charge is 2.30. The highest BCUT2D eigenvalue weighted by atomic mass is 16.5. The van der Waals surface area contributed by atoms with E-state index in [0.717, 1.165) is 0 Å². The molecule has 0 N–H and O–H groups in total. The number of esters is 1. The number of hydrogen-bond donors (Lipinski definition) is 0. The number of methoxy groups -OCH3 is 2. The molecule has 1 aliphatic heterocycles. The summed E-state index contributed by atoms with van der Waals surface area (Å²) in [7, 11) is 2.96. The molecule has 1 atom stereocenters. The van der Waals surface area contributed by atoms with Crippen molar-refractivity contribution in [2.75, 3.05) is 33.9 Å². The predicted molar refractivity (Wildman–Crippen MR) is 53.2 cm³/mol. The first-order chi connectivity index (χ1) is 7.19. The Bertz CT molecular complexity index is 242. The second-order valence-corrected chi connectivity index (χ2v) is 3.59. The average Bonchev–Trinajstić information content (AvgIpc) is 2.27. The lowest BCUT2D eigenvalue weighted by Gasteiger charge is -2.30. The SMILES string of the molecule is COCCN1CC(C(=O)OC)CCC1=O. The number of carbonyl (C=O) groups is 2. The molecular weight excluding hydrogens is 198 g/mol. The molecule has 1 fully saturated rings. The maximum absolute atomic E-state index is 11.5. The lowest BCUT2D eigenvalue weighted by atomic mass is 9.98. The zero-order valence-electron chi connectivity index (χ0n) is 9.19. The second-order valence-electron chi connectivity index (χ2n) is 3.59. The van der Waals surface area contributed by atoms with Gasteiger partial charge in [-0.2, -0.15) is 0 Å². The van der Waals surface area contributed by atoms with Crippen LogP contribution in [-0.4, -0.2) is 50.7 Å². The van der Waals surface area contributed by atoms with E-state index in [2.05, 4.69) is 4.74 Å². The summed E-state index contributed by atoms with van der Waals surface area (Å²) in [6.45, 7) is 1.50. The summed E-state index contributed by atoms with van der Waals surface area (Å²) in [5.74, 6) is -0.318. The molecule has 1 heterocycles. The van der Waals surface area contributed by atoms with Gasteiger partial charge in [0, 0.05) is 26.6 Å². The van der Waals surface area contributed by atoms with E-state index in [1.165, 1.54) is 7.11 Å². The predicted octanol–water partition coefficient (Wildman–Crippen LogP) is 0.0444. The van der Waals surface area contributed by atoms with Gasteiger partial charge in [0.25, 0.3) is 0 Å². The molecular formula is C10H17NO4. The fourth-order valence-corrected chi connectivity index (χ4v) is 1.69. The molecule has 1 unspecified atom stereocenters. The van der Waals surface area contributed by atoms with E-state index >= 15 is 0 Å². The van der Waals surface area contributed by atoms with E-state index in [9.17, 15) is 9.59 Å². The van der Waals surface area contributed by atoms with Crippen molar-refractivity contribution in [2.45, 2.75) is 12.8 Å². The topological polar surface area (TPSA) is 55.8 Å². The Hall–Kier alpha value is -1.10. The van der Waals surface area contributed by atoms with Gasteiger partial charge in [-0.25, -0.2) is 0 Å². The number of piperidine rings is 1. The van der Waals surface area contributed by atoms with E-state index in [4.69, 9.17) is 4.74 Å². The maximum Gasteiger partial charge on any atom is 0.310 e. The maximum atomic E-state index is 11.5. The van der Waals surface area contributed by atoms with Crippen molar-refractivity contribution in [3.8, 4) is 0 Å². The Morgan fingerprint density at radius 1 is 1.53 bits per heavy atom. The molecule has 0 bridgehead atoms. The van der Waals surface area contributed by atoms with Crippen LogP contribution in [0, 0.1) is 5.92 Å². The molecule has 5 heteroatoms. The van der Waals surface area contributed by atoms with Gasteiger partial charge in [0.1, 0.15) is 0 Å². The molecule has 15 heavy (non-hydrogen) atoms. The lowest BCUT2D eigenvalue weighted by molar-refractivity contribution is -0.150. The van der Waals surface area contributed by atoms with Crippen molar-refractivity contribution >= 4 is 11.9 Å². The zero-order valence-corrected chi connectivity index (χ0v) is 9.19. The van der Waals surface area contributed by atoms with E-state index < -0.39 is 0 Å². The largest absolute Gasteiger partial charge is 0.469 e. The number of carbonyl (C=O) groups excluding carboxylic acids is 2. The van der Waals surface area contributed by atoms with Gasteiger partial charge in [-0.15, -0.1) is 0 Å². The minimum atomic E-state index is -0.232. The Morgan fingerprint density at radius 2 is 2.27 bits per heavy atom. The monoisotopic (exact) mass is 215 g/mol. The summed E-state index contributed by atoms with van der Waals surface area (Å²) in [6, 6.07) is 0. The molecule has 1 saturated heterocycles. The minimum Gasteiger partial charge on any atom is -0.469 e. The molecule has 86 valence electrons. The minimum absolute atomic E-state index is 0.0900. The van der Waals surface area contributed by atoms with E-state index in [-0.39, 0.29) is 17.8 Å². The van der Waals surface area contributed by atoms with Crippen LogP contribution in [0.3, 0.4) is 0 Å². The average molecular weight is 215 g/mol. The van der Waals surface area contributed by atoms with Gasteiger partial charge in [-0.05, 0) is 6.42 Å². The molecule has 1 aliphatic rings. The summed E-state index contributed by atoms with van der Waals surface area (Å²) in [6.07, 6.45) is 1.01. The standard InChI is InChI=1S/C10H17NO4/c1-14-6-5-11-7-8(10(13)15-2)3-4-9(11)12/h8H,3-7H2,1-2H3. The van der Waals surface area contributed by atoms with Gasteiger partial charge >= 0.3 is 5.97 Å². The number of ether oxygens (including phenoxy) is 2. The van der Waals surface area contributed by atoms with Crippen LogP contribution in [0.15, 0.2) is 0 Å². The van der Waals surface area contributed by atoms with Gasteiger partial charge in [-0.3, -0.25) is 9.59 Å². The summed E-state index contributed by atoms with van der Waals surface area (Å²) < 4.78 is 9.57. The Kier molecular flexibility index (Phi) is 4.55. The van der Waals surface area contributed by atoms with E-state index in [1.807, 2.05) is 0 Å². The van der Waals surface area contributed by atoms with Crippen molar-refractivity contribution in [3.05, 3.63) is 0 Å². The number of likely N-dealkylation sites (tertiary alicyclic amines) is 1. The van der Waals surface area contributed by atoms with Crippen molar-refractivity contribution < 1.29 is 19.1 Å². The van der Waals surface area contributed by atoms with Crippen molar-refractivity contribution in [1.82, 2.24) is 4.90 Å². The van der Waals surface area contributed by atoms with Crippen LogP contribution in [0.4, 0.5) is 0 Å². The molecule has 0 aromatic rings. The van der Waals surface area contributed by atoms with E-state index in [1.54, 1.807) is 12.0 Å². The first kappa shape index (κ1) is 12.0. The quantitative estimate of drug-likeness (QED) is 0.621. The van der Waals surface area contributed by atoms with Crippen LogP contribution < -0.4 is 0 Å². The Morgan fingerprint density at radius 3 is 2.87 bits per heavy atom. The lowest BCUT2D eigenvalue weighted by Crippen LogP contribution is -2.44. The molecule has 0 aliphatic carbocycles. The molecule has 1 amide bonds. The number of nitrogens with zero attached hydrogens (tertiary/aromatic N) is 1.